The quantitative estimate of drug-likeness (QED) is 0.659. The minimum atomic E-state index is -3.58. The van der Waals surface area contributed by atoms with Gasteiger partial charge < -0.3 is 4.90 Å². The van der Waals surface area contributed by atoms with Gasteiger partial charge in [0, 0.05) is 51.4 Å². The summed E-state index contributed by atoms with van der Waals surface area (Å²) in [6.07, 6.45) is 6.77. The van der Waals surface area contributed by atoms with Gasteiger partial charge >= 0.3 is 0 Å². The molecule has 1 aliphatic carbocycles. The molecule has 168 valence electrons. The first-order valence-electron chi connectivity index (χ1n) is 11.5. The number of rotatable bonds is 7. The van der Waals surface area contributed by atoms with Crippen LogP contribution in [0.2, 0.25) is 0 Å². The summed E-state index contributed by atoms with van der Waals surface area (Å²) in [5.41, 5.74) is 1.33. The summed E-state index contributed by atoms with van der Waals surface area (Å²) in [7, 11) is -3.58. The highest BCUT2D eigenvalue weighted by molar-refractivity contribution is 7.89. The number of carbonyl (C=O) groups excluding carboxylic acids is 1. The Balaban J connectivity index is 1.67. The molecule has 1 aromatic carbocycles. The number of amides is 1. The maximum absolute atomic E-state index is 13.2. The molecule has 1 aliphatic heterocycles. The second-order valence-electron chi connectivity index (χ2n) is 8.66. The van der Waals surface area contributed by atoms with Crippen LogP contribution in [0, 0.1) is 12.8 Å². The smallest absolute Gasteiger partial charge is 0.254 e. The fraction of sp³-hybridized carbons (Fsp3) is 0.696. The Morgan fingerprint density at radius 1 is 1.03 bits per heavy atom. The molecular formula is C23H37N3O3S. The van der Waals surface area contributed by atoms with E-state index in [1.165, 1.54) is 36.4 Å². The van der Waals surface area contributed by atoms with Crippen LogP contribution in [0.3, 0.4) is 0 Å². The number of piperazine rings is 1. The summed E-state index contributed by atoms with van der Waals surface area (Å²) >= 11 is 0. The number of benzene rings is 1. The highest BCUT2D eigenvalue weighted by Gasteiger charge is 2.27. The molecule has 30 heavy (non-hydrogen) atoms. The van der Waals surface area contributed by atoms with Crippen molar-refractivity contribution in [3.8, 4) is 0 Å². The first-order valence-corrected chi connectivity index (χ1v) is 12.9. The summed E-state index contributed by atoms with van der Waals surface area (Å²) in [5.74, 6) is 0.756. The lowest BCUT2D eigenvalue weighted by Gasteiger charge is -2.37. The van der Waals surface area contributed by atoms with Gasteiger partial charge in [-0.15, -0.1) is 0 Å². The van der Waals surface area contributed by atoms with E-state index in [2.05, 4.69) is 4.90 Å². The van der Waals surface area contributed by atoms with Gasteiger partial charge in [0.1, 0.15) is 0 Å². The standard InChI is InChI=1S/C23H37N3O3S/c1-4-26(5-2)30(28,29)21-12-11-19(3)22(17-21)23(27)25-15-13-24(14-16-25)18-20-9-7-6-8-10-20/h11-12,17,20H,4-10,13-16,18H2,1-3H3. The summed E-state index contributed by atoms with van der Waals surface area (Å²) in [6, 6.07) is 4.94. The summed E-state index contributed by atoms with van der Waals surface area (Å²) in [6.45, 7) is 10.7. The third-order valence-corrected chi connectivity index (χ3v) is 8.73. The molecule has 6 nitrogen and oxygen atoms in total. The van der Waals surface area contributed by atoms with E-state index in [1.54, 1.807) is 18.2 Å². The molecule has 1 heterocycles. The number of nitrogens with zero attached hydrogens (tertiary/aromatic N) is 3. The molecule has 1 saturated heterocycles. The zero-order valence-corrected chi connectivity index (χ0v) is 19.6. The lowest BCUT2D eigenvalue weighted by atomic mass is 9.89. The monoisotopic (exact) mass is 435 g/mol. The lowest BCUT2D eigenvalue weighted by molar-refractivity contribution is 0.0605. The molecule has 0 bridgehead atoms. The van der Waals surface area contributed by atoms with Crippen molar-refractivity contribution < 1.29 is 13.2 Å². The number of hydrogen-bond donors (Lipinski definition) is 0. The van der Waals surface area contributed by atoms with Gasteiger partial charge in [0.25, 0.3) is 5.91 Å². The molecule has 0 unspecified atom stereocenters. The van der Waals surface area contributed by atoms with E-state index in [4.69, 9.17) is 0 Å². The van der Waals surface area contributed by atoms with Crippen LogP contribution in [0.5, 0.6) is 0 Å². The average Bonchev–Trinajstić information content (AvgIpc) is 2.75. The van der Waals surface area contributed by atoms with E-state index in [9.17, 15) is 13.2 Å². The largest absolute Gasteiger partial charge is 0.336 e. The van der Waals surface area contributed by atoms with E-state index in [0.717, 1.165) is 31.1 Å². The summed E-state index contributed by atoms with van der Waals surface area (Å²) < 4.78 is 27.2. The molecule has 1 aromatic rings. The van der Waals surface area contributed by atoms with Crippen LogP contribution >= 0.6 is 0 Å². The Labute approximate surface area is 182 Å². The maximum Gasteiger partial charge on any atom is 0.254 e. The highest BCUT2D eigenvalue weighted by Crippen LogP contribution is 2.25. The van der Waals surface area contributed by atoms with Crippen molar-refractivity contribution in [2.75, 3.05) is 45.8 Å². The SMILES string of the molecule is CCN(CC)S(=O)(=O)c1ccc(C)c(C(=O)N2CCN(CC3CCCCC3)CC2)c1. The van der Waals surface area contributed by atoms with Crippen molar-refractivity contribution in [3.63, 3.8) is 0 Å². The normalized spacial score (nSPS) is 19.4. The number of sulfonamides is 1. The highest BCUT2D eigenvalue weighted by atomic mass is 32.2. The van der Waals surface area contributed by atoms with Gasteiger partial charge in [-0.1, -0.05) is 39.2 Å². The van der Waals surface area contributed by atoms with Crippen LogP contribution in [-0.4, -0.2) is 74.2 Å². The van der Waals surface area contributed by atoms with Crippen LogP contribution in [0.25, 0.3) is 0 Å². The molecule has 0 N–H and O–H groups in total. The molecule has 7 heteroatoms. The molecule has 3 rings (SSSR count). The first-order chi connectivity index (χ1) is 14.4. The van der Waals surface area contributed by atoms with Gasteiger partial charge in [-0.3, -0.25) is 9.69 Å². The number of hydrogen-bond acceptors (Lipinski definition) is 4. The fourth-order valence-corrected chi connectivity index (χ4v) is 6.23. The van der Waals surface area contributed by atoms with Crippen molar-refractivity contribution in [1.29, 1.82) is 0 Å². The zero-order valence-electron chi connectivity index (χ0n) is 18.8. The van der Waals surface area contributed by atoms with E-state index in [-0.39, 0.29) is 10.8 Å². The topological polar surface area (TPSA) is 60.9 Å². The van der Waals surface area contributed by atoms with Gasteiger partial charge in [0.2, 0.25) is 10.0 Å². The third kappa shape index (κ3) is 5.24. The first kappa shape index (κ1) is 23.2. The minimum Gasteiger partial charge on any atom is -0.336 e. The van der Waals surface area contributed by atoms with Gasteiger partial charge in [0.15, 0.2) is 0 Å². The van der Waals surface area contributed by atoms with Crippen LogP contribution in [0.15, 0.2) is 23.1 Å². The molecule has 1 amide bonds. The van der Waals surface area contributed by atoms with E-state index in [1.807, 2.05) is 25.7 Å². The Morgan fingerprint density at radius 2 is 1.67 bits per heavy atom. The number of aryl methyl sites for hydroxylation is 1. The predicted molar refractivity (Wildman–Crippen MR) is 120 cm³/mol. The van der Waals surface area contributed by atoms with Gasteiger partial charge in [-0.05, 0) is 43.4 Å². The Morgan fingerprint density at radius 3 is 2.27 bits per heavy atom. The van der Waals surface area contributed by atoms with Crippen molar-refractivity contribution in [2.45, 2.75) is 57.8 Å². The van der Waals surface area contributed by atoms with Crippen molar-refractivity contribution in [3.05, 3.63) is 29.3 Å². The van der Waals surface area contributed by atoms with Crippen molar-refractivity contribution >= 4 is 15.9 Å². The van der Waals surface area contributed by atoms with E-state index in [0.29, 0.717) is 31.7 Å². The van der Waals surface area contributed by atoms with Crippen molar-refractivity contribution in [1.82, 2.24) is 14.1 Å². The van der Waals surface area contributed by atoms with Gasteiger partial charge in [-0.2, -0.15) is 4.31 Å². The molecule has 0 atom stereocenters. The molecule has 1 saturated carbocycles. The average molecular weight is 436 g/mol. The van der Waals surface area contributed by atoms with Crippen molar-refractivity contribution in [2.24, 2.45) is 5.92 Å². The Hall–Kier alpha value is -1.44. The van der Waals surface area contributed by atoms with Gasteiger partial charge in [-0.25, -0.2) is 8.42 Å². The molecule has 0 spiro atoms. The third-order valence-electron chi connectivity index (χ3n) is 6.68. The Kier molecular flexibility index (Phi) is 7.93. The minimum absolute atomic E-state index is 0.0542. The van der Waals surface area contributed by atoms with Crippen LogP contribution < -0.4 is 0 Å². The summed E-state index contributed by atoms with van der Waals surface area (Å²) in [5, 5.41) is 0. The predicted octanol–water partition coefficient (Wildman–Crippen LogP) is 3.36. The number of carbonyl (C=O) groups is 1. The molecular weight excluding hydrogens is 398 g/mol. The zero-order chi connectivity index (χ0) is 21.7. The molecule has 2 aliphatic rings. The van der Waals surface area contributed by atoms with E-state index < -0.39 is 10.0 Å². The van der Waals surface area contributed by atoms with Crippen LogP contribution in [-0.2, 0) is 10.0 Å². The van der Waals surface area contributed by atoms with E-state index >= 15 is 0 Å². The lowest BCUT2D eigenvalue weighted by Crippen LogP contribution is -2.50. The second-order valence-corrected chi connectivity index (χ2v) is 10.6. The molecule has 0 radical (unpaired) electrons. The fourth-order valence-electron chi connectivity index (χ4n) is 4.74. The molecule has 2 fully saturated rings. The maximum atomic E-state index is 13.2. The van der Waals surface area contributed by atoms with Gasteiger partial charge in [0.05, 0.1) is 4.90 Å². The summed E-state index contributed by atoms with van der Waals surface area (Å²) in [4.78, 5) is 17.8. The van der Waals surface area contributed by atoms with Crippen LogP contribution in [0.4, 0.5) is 0 Å². The molecule has 0 aromatic heterocycles. The Bertz CT molecular complexity index is 822. The van der Waals surface area contributed by atoms with Crippen LogP contribution in [0.1, 0.15) is 61.9 Å². The second kappa shape index (κ2) is 10.2.